The summed E-state index contributed by atoms with van der Waals surface area (Å²) in [7, 11) is -2.07. The van der Waals surface area contributed by atoms with Crippen LogP contribution in [0.5, 0.6) is 5.75 Å². The van der Waals surface area contributed by atoms with Crippen LogP contribution in [0.1, 0.15) is 54.8 Å². The summed E-state index contributed by atoms with van der Waals surface area (Å²) in [6.07, 6.45) is 1.94. The van der Waals surface area contributed by atoms with E-state index in [0.29, 0.717) is 6.54 Å². The zero-order chi connectivity index (χ0) is 30.1. The monoisotopic (exact) mass is 581 g/mol. The van der Waals surface area contributed by atoms with E-state index in [1.165, 1.54) is 4.90 Å². The Bertz CT molecular complexity index is 1520. The zero-order valence-corrected chi connectivity index (χ0v) is 25.9. The number of imidazole rings is 1. The number of aromatic nitrogens is 2. The van der Waals surface area contributed by atoms with Crippen molar-refractivity contribution in [1.29, 1.82) is 0 Å². The molecule has 1 aromatic heterocycles. The molecule has 0 saturated carbocycles. The lowest BCUT2D eigenvalue weighted by Crippen LogP contribution is -2.50. The average molecular weight is 582 g/mol. The van der Waals surface area contributed by atoms with Gasteiger partial charge in [-0.1, -0.05) is 99.6 Å². The fourth-order valence-corrected chi connectivity index (χ4v) is 6.30. The summed E-state index contributed by atoms with van der Waals surface area (Å²) in [5, 5.41) is 10.4. The quantitative estimate of drug-likeness (QED) is 0.241. The van der Waals surface area contributed by atoms with Gasteiger partial charge in [0.15, 0.2) is 0 Å². The van der Waals surface area contributed by atoms with Gasteiger partial charge in [-0.2, -0.15) is 0 Å². The standard InChI is InChI=1S/C34H39N3O4Si/c1-34(2,3)42(4,5)41-30-19-13-12-18-26(30)21-36-23-35-27-22-37(29(33(39)40)20-28(27)36)32(38)31(24-14-8-6-9-15-24)25-16-10-7-11-17-25/h6-19,23,29,31H,20-22H2,1-5H3,(H,39,40). The third kappa shape index (κ3) is 5.90. The van der Waals surface area contributed by atoms with Crippen molar-refractivity contribution in [3.8, 4) is 5.75 Å². The van der Waals surface area contributed by atoms with Crippen LogP contribution in [-0.4, -0.2) is 45.8 Å². The number of carboxylic acids is 1. The molecule has 8 heteroatoms. The molecule has 5 rings (SSSR count). The van der Waals surface area contributed by atoms with Crippen LogP contribution in [0.2, 0.25) is 18.1 Å². The fraction of sp³-hybridized carbons (Fsp3) is 0.324. The first-order chi connectivity index (χ1) is 20.0. The Morgan fingerprint density at radius 1 is 0.952 bits per heavy atom. The second-order valence-electron chi connectivity index (χ2n) is 12.5. The van der Waals surface area contributed by atoms with Gasteiger partial charge in [0.05, 0.1) is 31.0 Å². The van der Waals surface area contributed by atoms with Crippen LogP contribution in [0.3, 0.4) is 0 Å². The van der Waals surface area contributed by atoms with Gasteiger partial charge in [0.1, 0.15) is 11.8 Å². The van der Waals surface area contributed by atoms with Crippen LogP contribution < -0.4 is 4.43 Å². The van der Waals surface area contributed by atoms with Crippen LogP contribution in [0.25, 0.3) is 0 Å². The maximum Gasteiger partial charge on any atom is 0.326 e. The minimum absolute atomic E-state index is 0.0519. The van der Waals surface area contributed by atoms with Crippen molar-refractivity contribution in [2.24, 2.45) is 0 Å². The maximum atomic E-state index is 14.2. The number of aliphatic carboxylic acids is 1. The second kappa shape index (κ2) is 11.6. The van der Waals surface area contributed by atoms with Gasteiger partial charge in [-0.05, 0) is 35.3 Å². The van der Waals surface area contributed by atoms with E-state index in [4.69, 9.17) is 4.43 Å². The van der Waals surface area contributed by atoms with E-state index in [1.54, 1.807) is 6.33 Å². The molecule has 1 aliphatic rings. The number of rotatable bonds is 8. The van der Waals surface area contributed by atoms with Crippen molar-refractivity contribution < 1.29 is 19.1 Å². The van der Waals surface area contributed by atoms with Crippen LogP contribution >= 0.6 is 0 Å². The third-order valence-electron chi connectivity index (χ3n) is 8.68. The van der Waals surface area contributed by atoms with Gasteiger partial charge in [-0.25, -0.2) is 9.78 Å². The molecule has 218 valence electrons. The summed E-state index contributed by atoms with van der Waals surface area (Å²) in [5.41, 5.74) is 4.23. The van der Waals surface area contributed by atoms with E-state index >= 15 is 0 Å². The van der Waals surface area contributed by atoms with E-state index < -0.39 is 26.2 Å². The van der Waals surface area contributed by atoms with E-state index in [0.717, 1.165) is 33.8 Å². The second-order valence-corrected chi connectivity index (χ2v) is 17.2. The van der Waals surface area contributed by atoms with Crippen molar-refractivity contribution in [2.75, 3.05) is 0 Å². The highest BCUT2D eigenvalue weighted by Crippen LogP contribution is 2.38. The first-order valence-electron chi connectivity index (χ1n) is 14.4. The van der Waals surface area contributed by atoms with Crippen molar-refractivity contribution in [1.82, 2.24) is 14.5 Å². The highest BCUT2D eigenvalue weighted by molar-refractivity contribution is 6.74. The van der Waals surface area contributed by atoms with Crippen LogP contribution in [0.4, 0.5) is 0 Å². The van der Waals surface area contributed by atoms with Gasteiger partial charge in [0, 0.05) is 17.7 Å². The number of carbonyl (C=O) groups is 2. The summed E-state index contributed by atoms with van der Waals surface area (Å²) >= 11 is 0. The molecule has 0 aliphatic carbocycles. The SMILES string of the molecule is CC(C)(C)[Si](C)(C)Oc1ccccc1Cn1cnc2c1CC(C(=O)O)N(C(=O)C(c1ccccc1)c1ccccc1)C2. The van der Waals surface area contributed by atoms with E-state index in [9.17, 15) is 14.7 Å². The molecule has 0 bridgehead atoms. The van der Waals surface area contributed by atoms with Crippen molar-refractivity contribution in [2.45, 2.75) is 70.4 Å². The highest BCUT2D eigenvalue weighted by atomic mass is 28.4. The van der Waals surface area contributed by atoms with Gasteiger partial charge in [-0.3, -0.25) is 4.79 Å². The number of hydrogen-bond donors (Lipinski definition) is 1. The van der Waals surface area contributed by atoms with Crippen molar-refractivity contribution in [3.63, 3.8) is 0 Å². The van der Waals surface area contributed by atoms with Gasteiger partial charge in [0.2, 0.25) is 14.2 Å². The Labute approximate surface area is 248 Å². The highest BCUT2D eigenvalue weighted by Gasteiger charge is 2.41. The predicted octanol–water partition coefficient (Wildman–Crippen LogP) is 6.49. The molecule has 1 N–H and O–H groups in total. The number of para-hydroxylation sites is 1. The van der Waals surface area contributed by atoms with Gasteiger partial charge < -0.3 is 19.0 Å². The Morgan fingerprint density at radius 2 is 1.52 bits per heavy atom. The lowest BCUT2D eigenvalue weighted by molar-refractivity contribution is -0.151. The molecule has 0 fully saturated rings. The number of carboxylic acid groups (broad SMARTS) is 1. The molecule has 1 atom stereocenters. The molecule has 7 nitrogen and oxygen atoms in total. The van der Waals surface area contributed by atoms with Crippen LogP contribution in [0.15, 0.2) is 91.3 Å². The Morgan fingerprint density at radius 3 is 2.10 bits per heavy atom. The van der Waals surface area contributed by atoms with Crippen LogP contribution in [0, 0.1) is 0 Å². The Kier molecular flexibility index (Phi) is 8.10. The minimum Gasteiger partial charge on any atom is -0.543 e. The number of fused-ring (bicyclic) bond motifs is 1. The number of benzene rings is 3. The number of nitrogens with zero attached hydrogens (tertiary/aromatic N) is 3. The first-order valence-corrected chi connectivity index (χ1v) is 17.3. The molecule has 3 aromatic carbocycles. The normalized spacial score (nSPS) is 15.4. The smallest absolute Gasteiger partial charge is 0.326 e. The molecule has 4 aromatic rings. The molecule has 1 amide bonds. The van der Waals surface area contributed by atoms with E-state index in [-0.39, 0.29) is 23.9 Å². The molecule has 0 radical (unpaired) electrons. The lowest BCUT2D eigenvalue weighted by atomic mass is 9.88. The van der Waals surface area contributed by atoms with Crippen molar-refractivity contribution >= 4 is 20.2 Å². The molecule has 42 heavy (non-hydrogen) atoms. The number of amides is 1. The minimum atomic E-state index is -2.07. The summed E-state index contributed by atoms with van der Waals surface area (Å²) in [5.74, 6) is -1.03. The molecular formula is C34H39N3O4Si. The third-order valence-corrected chi connectivity index (χ3v) is 13.0. The molecule has 1 aliphatic heterocycles. The van der Waals surface area contributed by atoms with Gasteiger partial charge in [-0.15, -0.1) is 0 Å². The number of hydrogen-bond acceptors (Lipinski definition) is 4. The molecular weight excluding hydrogens is 542 g/mol. The maximum absolute atomic E-state index is 14.2. The van der Waals surface area contributed by atoms with Crippen molar-refractivity contribution in [3.05, 3.63) is 119 Å². The molecule has 0 saturated heterocycles. The van der Waals surface area contributed by atoms with E-state index in [1.807, 2.05) is 89.5 Å². The van der Waals surface area contributed by atoms with Gasteiger partial charge in [0.25, 0.3) is 0 Å². The van der Waals surface area contributed by atoms with E-state index in [2.05, 4.69) is 38.8 Å². The van der Waals surface area contributed by atoms with Crippen LogP contribution in [-0.2, 0) is 29.1 Å². The summed E-state index contributed by atoms with van der Waals surface area (Å²) < 4.78 is 8.67. The predicted molar refractivity (Wildman–Crippen MR) is 166 cm³/mol. The average Bonchev–Trinajstić information content (AvgIpc) is 3.35. The Hall–Kier alpha value is -4.17. The molecule has 1 unspecified atom stereocenters. The molecule has 0 spiro atoms. The Balaban J connectivity index is 1.45. The summed E-state index contributed by atoms with van der Waals surface area (Å²) in [4.78, 5) is 33.0. The number of carbonyl (C=O) groups excluding carboxylic acids is 1. The first kappa shape index (κ1) is 29.3. The fourth-order valence-electron chi connectivity index (χ4n) is 5.25. The topological polar surface area (TPSA) is 84.7 Å². The largest absolute Gasteiger partial charge is 0.543 e. The molecule has 2 heterocycles. The lowest BCUT2D eigenvalue weighted by Gasteiger charge is -2.37. The zero-order valence-electron chi connectivity index (χ0n) is 24.9. The summed E-state index contributed by atoms with van der Waals surface area (Å²) in [6.45, 7) is 11.7. The summed E-state index contributed by atoms with van der Waals surface area (Å²) in [6, 6.07) is 26.1. The van der Waals surface area contributed by atoms with Gasteiger partial charge >= 0.3 is 5.97 Å².